The van der Waals surface area contributed by atoms with Crippen LogP contribution in [0, 0.1) is 17.3 Å². The second kappa shape index (κ2) is 2.76. The van der Waals surface area contributed by atoms with Crippen molar-refractivity contribution < 1.29 is 9.59 Å². The topological polar surface area (TPSA) is 34.1 Å². The summed E-state index contributed by atoms with van der Waals surface area (Å²) in [7, 11) is 0. The third kappa shape index (κ3) is 1.22. The number of hydrogen-bond donors (Lipinski definition) is 0. The highest BCUT2D eigenvalue weighted by Gasteiger charge is 2.47. The van der Waals surface area contributed by atoms with Gasteiger partial charge in [-0.1, -0.05) is 13.8 Å². The van der Waals surface area contributed by atoms with Crippen LogP contribution in [-0.4, -0.2) is 12.6 Å². The van der Waals surface area contributed by atoms with E-state index >= 15 is 0 Å². The van der Waals surface area contributed by atoms with Crippen LogP contribution in [-0.2, 0) is 9.59 Å². The van der Waals surface area contributed by atoms with E-state index in [9.17, 15) is 9.59 Å². The summed E-state index contributed by atoms with van der Waals surface area (Å²) in [5, 5.41) is 0. The molecule has 0 aromatic rings. The van der Waals surface area contributed by atoms with E-state index < -0.39 is 0 Å². The van der Waals surface area contributed by atoms with Crippen molar-refractivity contribution in [2.24, 2.45) is 17.3 Å². The van der Waals surface area contributed by atoms with Crippen LogP contribution in [0.25, 0.3) is 0 Å². The number of carbonyl (C=O) groups is 2. The van der Waals surface area contributed by atoms with E-state index in [0.717, 1.165) is 19.0 Å². The van der Waals surface area contributed by atoms with Crippen molar-refractivity contribution in [2.45, 2.75) is 26.7 Å². The summed E-state index contributed by atoms with van der Waals surface area (Å²) >= 11 is 0. The maximum Gasteiger partial charge on any atom is 0.123 e. The highest BCUT2D eigenvalue weighted by Crippen LogP contribution is 2.51. The molecule has 0 aliphatic heterocycles. The Bertz CT molecular complexity index is 172. The molecule has 1 aliphatic rings. The molecule has 0 amide bonds. The van der Waals surface area contributed by atoms with Gasteiger partial charge >= 0.3 is 0 Å². The highest BCUT2D eigenvalue weighted by molar-refractivity contribution is 5.59. The lowest BCUT2D eigenvalue weighted by Crippen LogP contribution is -2.45. The van der Waals surface area contributed by atoms with E-state index in [-0.39, 0.29) is 11.3 Å². The summed E-state index contributed by atoms with van der Waals surface area (Å²) in [6.45, 7) is 4.12. The second-order valence-corrected chi connectivity index (χ2v) is 3.90. The molecular weight excluding hydrogens is 140 g/mol. The third-order valence-corrected chi connectivity index (χ3v) is 3.09. The van der Waals surface area contributed by atoms with Crippen LogP contribution in [0.3, 0.4) is 0 Å². The lowest BCUT2D eigenvalue weighted by molar-refractivity contribution is -0.128. The average molecular weight is 154 g/mol. The third-order valence-electron chi connectivity index (χ3n) is 3.09. The molecule has 0 aromatic heterocycles. The molecule has 0 heterocycles. The van der Waals surface area contributed by atoms with Gasteiger partial charge in [0.2, 0.25) is 0 Å². The monoisotopic (exact) mass is 154 g/mol. The molecule has 0 N–H and O–H groups in total. The highest BCUT2D eigenvalue weighted by atomic mass is 16.1. The molecule has 0 bridgehead atoms. The van der Waals surface area contributed by atoms with Crippen molar-refractivity contribution in [1.82, 2.24) is 0 Å². The van der Waals surface area contributed by atoms with Crippen LogP contribution < -0.4 is 0 Å². The van der Waals surface area contributed by atoms with Gasteiger partial charge in [0.25, 0.3) is 0 Å². The quantitative estimate of drug-likeness (QED) is 0.576. The Morgan fingerprint density at radius 1 is 1.45 bits per heavy atom. The molecule has 62 valence electrons. The summed E-state index contributed by atoms with van der Waals surface area (Å²) < 4.78 is 0. The molecule has 1 saturated carbocycles. The first-order chi connectivity index (χ1) is 5.12. The van der Waals surface area contributed by atoms with Gasteiger partial charge < -0.3 is 9.59 Å². The first-order valence-electron chi connectivity index (χ1n) is 4.02. The fourth-order valence-corrected chi connectivity index (χ4v) is 1.80. The molecule has 0 unspecified atom stereocenters. The van der Waals surface area contributed by atoms with Crippen molar-refractivity contribution in [1.29, 1.82) is 0 Å². The molecular formula is C9H14O2. The molecule has 0 radical (unpaired) electrons. The first kappa shape index (κ1) is 8.44. The smallest absolute Gasteiger partial charge is 0.123 e. The zero-order chi connectivity index (χ0) is 8.48. The van der Waals surface area contributed by atoms with Crippen molar-refractivity contribution in [2.75, 3.05) is 0 Å². The van der Waals surface area contributed by atoms with Gasteiger partial charge in [-0.3, -0.25) is 0 Å². The number of carbonyl (C=O) groups excluding carboxylic acids is 2. The van der Waals surface area contributed by atoms with Gasteiger partial charge in [-0.25, -0.2) is 0 Å². The molecule has 0 aromatic carbocycles. The van der Waals surface area contributed by atoms with E-state index in [2.05, 4.69) is 13.8 Å². The Labute approximate surface area is 67.0 Å². The summed E-state index contributed by atoms with van der Waals surface area (Å²) in [5.41, 5.74) is 0.0582. The van der Waals surface area contributed by atoms with Crippen LogP contribution in [0.1, 0.15) is 26.7 Å². The van der Waals surface area contributed by atoms with Gasteiger partial charge in [-0.05, 0) is 17.8 Å². The molecule has 2 atom stereocenters. The van der Waals surface area contributed by atoms with Gasteiger partial charge in [-0.2, -0.15) is 0 Å². The molecule has 11 heavy (non-hydrogen) atoms. The van der Waals surface area contributed by atoms with Gasteiger partial charge in [0.1, 0.15) is 12.6 Å². The predicted molar refractivity (Wildman–Crippen MR) is 42.1 cm³/mol. The molecule has 0 saturated heterocycles. The molecule has 2 heteroatoms. The Kier molecular flexibility index (Phi) is 2.12. The number of hydrogen-bond acceptors (Lipinski definition) is 2. The summed E-state index contributed by atoms with van der Waals surface area (Å²) in [6, 6.07) is 0. The van der Waals surface area contributed by atoms with E-state index in [1.165, 1.54) is 0 Å². The van der Waals surface area contributed by atoms with Gasteiger partial charge in [0.05, 0.1) is 0 Å². The molecule has 1 rings (SSSR count). The van der Waals surface area contributed by atoms with Crippen molar-refractivity contribution in [3.8, 4) is 0 Å². The average Bonchev–Trinajstić information content (AvgIpc) is 1.97. The van der Waals surface area contributed by atoms with Crippen LogP contribution in [0.5, 0.6) is 0 Å². The Morgan fingerprint density at radius 2 is 2.09 bits per heavy atom. The zero-order valence-corrected chi connectivity index (χ0v) is 7.04. The lowest BCUT2D eigenvalue weighted by Gasteiger charge is -2.49. The van der Waals surface area contributed by atoms with Gasteiger partial charge in [-0.15, -0.1) is 0 Å². The fraction of sp³-hybridized carbons (Fsp3) is 0.778. The first-order valence-corrected chi connectivity index (χ1v) is 4.02. The summed E-state index contributed by atoms with van der Waals surface area (Å²) in [5.74, 6) is 0.600. The van der Waals surface area contributed by atoms with Crippen LogP contribution >= 0.6 is 0 Å². The van der Waals surface area contributed by atoms with Gasteiger partial charge in [0, 0.05) is 12.3 Å². The standard InChI is InChI=1S/C9H14O2/c1-9(2)7(3-4-10)5-8(9)6-11/h4,6-8H,3,5H2,1-2H3/t7-,8-/m1/s1. The second-order valence-electron chi connectivity index (χ2n) is 3.90. The Balaban J connectivity index is 2.52. The Hall–Kier alpha value is -0.660. The van der Waals surface area contributed by atoms with Crippen LogP contribution in [0.2, 0.25) is 0 Å². The molecule has 1 aliphatic carbocycles. The zero-order valence-electron chi connectivity index (χ0n) is 7.04. The maximum atomic E-state index is 10.5. The number of rotatable bonds is 3. The summed E-state index contributed by atoms with van der Waals surface area (Å²) in [4.78, 5) is 20.7. The molecule has 2 nitrogen and oxygen atoms in total. The fourth-order valence-electron chi connectivity index (χ4n) is 1.80. The molecule has 1 fully saturated rings. The predicted octanol–water partition coefficient (Wildman–Crippen LogP) is 1.44. The largest absolute Gasteiger partial charge is 0.303 e. The minimum Gasteiger partial charge on any atom is -0.303 e. The Morgan fingerprint density at radius 3 is 2.45 bits per heavy atom. The lowest BCUT2D eigenvalue weighted by atomic mass is 9.54. The van der Waals surface area contributed by atoms with Crippen molar-refractivity contribution in [3.05, 3.63) is 0 Å². The van der Waals surface area contributed by atoms with E-state index in [1.807, 2.05) is 0 Å². The maximum absolute atomic E-state index is 10.5. The van der Waals surface area contributed by atoms with Crippen molar-refractivity contribution >= 4 is 12.6 Å². The van der Waals surface area contributed by atoms with E-state index in [0.29, 0.717) is 12.3 Å². The minimum atomic E-state index is 0.0582. The van der Waals surface area contributed by atoms with E-state index in [4.69, 9.17) is 0 Å². The van der Waals surface area contributed by atoms with Gasteiger partial charge in [0.15, 0.2) is 0 Å². The minimum absolute atomic E-state index is 0.0582. The van der Waals surface area contributed by atoms with Crippen LogP contribution in [0.15, 0.2) is 0 Å². The number of aldehydes is 2. The molecule has 0 spiro atoms. The summed E-state index contributed by atoms with van der Waals surface area (Å²) in [6.07, 6.45) is 3.47. The van der Waals surface area contributed by atoms with Crippen LogP contribution in [0.4, 0.5) is 0 Å². The van der Waals surface area contributed by atoms with Crippen molar-refractivity contribution in [3.63, 3.8) is 0 Å². The SMILES string of the molecule is CC1(C)[C@H](CC=O)C[C@@H]1C=O. The normalized spacial score (nSPS) is 34.0. The van der Waals surface area contributed by atoms with E-state index in [1.54, 1.807) is 0 Å².